The second kappa shape index (κ2) is 8.45. The predicted octanol–water partition coefficient (Wildman–Crippen LogP) is 3.11. The van der Waals surface area contributed by atoms with Gasteiger partial charge in [0.2, 0.25) is 0 Å². The van der Waals surface area contributed by atoms with Gasteiger partial charge in [-0.3, -0.25) is 14.8 Å². The number of ether oxygens (including phenoxy) is 1. The normalized spacial score (nSPS) is 10.9. The molecule has 0 fully saturated rings. The maximum atomic E-state index is 12.1. The molecule has 0 aromatic heterocycles. The Morgan fingerprint density at radius 3 is 1.96 bits per heavy atom. The summed E-state index contributed by atoms with van der Waals surface area (Å²) in [6, 6.07) is 14.2. The van der Waals surface area contributed by atoms with Gasteiger partial charge >= 0.3 is 0 Å². The van der Waals surface area contributed by atoms with Gasteiger partial charge in [-0.05, 0) is 47.5 Å². The molecule has 0 aliphatic carbocycles. The summed E-state index contributed by atoms with van der Waals surface area (Å²) in [4.78, 5) is 23.0. The molecule has 24 heavy (non-hydrogen) atoms. The Bertz CT molecular complexity index is 759. The molecule has 0 saturated carbocycles. The molecule has 0 aliphatic rings. The molecule has 0 bridgehead atoms. The minimum atomic E-state index is -0.593. The summed E-state index contributed by atoms with van der Waals surface area (Å²) in [6.45, 7) is 0. The van der Waals surface area contributed by atoms with Crippen molar-refractivity contribution in [1.29, 1.82) is 0 Å². The number of nitrogens with one attached hydrogen (secondary N) is 1. The molecule has 5 nitrogen and oxygen atoms in total. The highest BCUT2D eigenvalue weighted by Crippen LogP contribution is 2.13. The van der Waals surface area contributed by atoms with E-state index in [9.17, 15) is 9.59 Å². The third-order valence-electron chi connectivity index (χ3n) is 3.28. The Morgan fingerprint density at radius 2 is 1.46 bits per heavy atom. The summed E-state index contributed by atoms with van der Waals surface area (Å²) in [5.74, 6) is 0.0133. The van der Waals surface area contributed by atoms with E-state index in [1.54, 1.807) is 55.7 Å². The van der Waals surface area contributed by atoms with Crippen LogP contribution in [0.25, 0.3) is 12.2 Å². The predicted molar refractivity (Wildman–Crippen MR) is 91.8 cm³/mol. The minimum Gasteiger partial charge on any atom is -0.497 e. The molecule has 0 aliphatic heterocycles. The van der Waals surface area contributed by atoms with Crippen molar-refractivity contribution in [1.82, 2.24) is 5.48 Å². The number of benzene rings is 2. The fourth-order valence-corrected chi connectivity index (χ4v) is 1.95. The van der Waals surface area contributed by atoms with Crippen LogP contribution >= 0.6 is 0 Å². The van der Waals surface area contributed by atoms with Gasteiger partial charge in [0, 0.05) is 11.6 Å². The summed E-state index contributed by atoms with van der Waals surface area (Å²) >= 11 is 0. The van der Waals surface area contributed by atoms with E-state index in [1.807, 2.05) is 12.1 Å². The molecule has 2 aromatic carbocycles. The fraction of sp³-hybridized carbons (Fsp3) is 0.0526. The summed E-state index contributed by atoms with van der Waals surface area (Å²) in [6.07, 6.45) is 6.02. The largest absolute Gasteiger partial charge is 0.497 e. The molecule has 5 heteroatoms. The Kier molecular flexibility index (Phi) is 6.05. The molecule has 0 radical (unpaired) electrons. The average molecular weight is 323 g/mol. The lowest BCUT2D eigenvalue weighted by atomic mass is 10.1. The van der Waals surface area contributed by atoms with Crippen molar-refractivity contribution in [3.63, 3.8) is 0 Å². The van der Waals surface area contributed by atoms with Gasteiger partial charge in [-0.15, -0.1) is 0 Å². The second-order valence-electron chi connectivity index (χ2n) is 4.90. The molecular formula is C19H17NO4. The van der Waals surface area contributed by atoms with Crippen LogP contribution < -0.4 is 10.2 Å². The summed E-state index contributed by atoms with van der Waals surface area (Å²) in [5.41, 5.74) is 3.77. The molecule has 1 amide bonds. The van der Waals surface area contributed by atoms with E-state index in [0.717, 1.165) is 11.1 Å². The molecule has 0 atom stereocenters. The molecule has 0 unspecified atom stereocenters. The van der Waals surface area contributed by atoms with E-state index >= 15 is 0 Å². The van der Waals surface area contributed by atoms with Gasteiger partial charge in [-0.1, -0.05) is 30.3 Å². The molecule has 0 saturated heterocycles. The van der Waals surface area contributed by atoms with Crippen molar-refractivity contribution in [2.45, 2.75) is 0 Å². The van der Waals surface area contributed by atoms with Gasteiger partial charge in [-0.25, -0.2) is 5.48 Å². The van der Waals surface area contributed by atoms with Crippen LogP contribution in [0.3, 0.4) is 0 Å². The fourth-order valence-electron chi connectivity index (χ4n) is 1.95. The van der Waals surface area contributed by atoms with Crippen LogP contribution in [0.5, 0.6) is 5.75 Å². The lowest BCUT2D eigenvalue weighted by molar-refractivity contribution is -0.124. The standard InChI is InChI=1S/C19H17NO4/c1-24-17-10-8-16(9-11-17)18(21)12-6-14-2-4-15(5-3-14)7-13-19(22)20-23/h2-13,23H,1H3,(H,20,22)/b12-6+,13-7+. The molecule has 2 N–H and O–H groups in total. The van der Waals surface area contributed by atoms with E-state index in [-0.39, 0.29) is 5.78 Å². The highest BCUT2D eigenvalue weighted by atomic mass is 16.5. The first kappa shape index (κ1) is 17.2. The highest BCUT2D eigenvalue weighted by molar-refractivity contribution is 6.06. The molecule has 122 valence electrons. The zero-order valence-electron chi connectivity index (χ0n) is 13.1. The van der Waals surface area contributed by atoms with E-state index in [0.29, 0.717) is 11.3 Å². The Morgan fingerprint density at radius 1 is 0.917 bits per heavy atom. The number of ketones is 1. The maximum absolute atomic E-state index is 12.1. The minimum absolute atomic E-state index is 0.0961. The van der Waals surface area contributed by atoms with Gasteiger partial charge in [0.15, 0.2) is 5.78 Å². The van der Waals surface area contributed by atoms with Crippen molar-refractivity contribution in [3.05, 3.63) is 77.4 Å². The number of methoxy groups -OCH3 is 1. The number of carbonyl (C=O) groups is 2. The van der Waals surface area contributed by atoms with Crippen LogP contribution in [0, 0.1) is 0 Å². The van der Waals surface area contributed by atoms with Gasteiger partial charge in [-0.2, -0.15) is 0 Å². The Hall–Kier alpha value is -3.18. The lowest BCUT2D eigenvalue weighted by Crippen LogP contribution is -2.14. The molecule has 0 heterocycles. The van der Waals surface area contributed by atoms with Crippen molar-refractivity contribution in [2.24, 2.45) is 0 Å². The number of rotatable bonds is 6. The Labute approximate surface area is 139 Å². The van der Waals surface area contributed by atoms with E-state index < -0.39 is 5.91 Å². The molecular weight excluding hydrogens is 306 g/mol. The van der Waals surface area contributed by atoms with E-state index in [4.69, 9.17) is 9.94 Å². The number of amides is 1. The van der Waals surface area contributed by atoms with Crippen LogP contribution in [0.2, 0.25) is 0 Å². The van der Waals surface area contributed by atoms with Crippen LogP contribution in [0.15, 0.2) is 60.7 Å². The summed E-state index contributed by atoms with van der Waals surface area (Å²) in [5, 5.41) is 8.40. The SMILES string of the molecule is COc1ccc(C(=O)/C=C/c2ccc(/C=C/C(=O)NO)cc2)cc1. The molecule has 2 rings (SSSR count). The van der Waals surface area contributed by atoms with Crippen molar-refractivity contribution >= 4 is 23.8 Å². The first-order chi connectivity index (χ1) is 11.6. The van der Waals surface area contributed by atoms with Crippen molar-refractivity contribution < 1.29 is 19.5 Å². The third-order valence-corrected chi connectivity index (χ3v) is 3.28. The Balaban J connectivity index is 2.01. The van der Waals surface area contributed by atoms with Crippen LogP contribution in [0.4, 0.5) is 0 Å². The van der Waals surface area contributed by atoms with Gasteiger partial charge in [0.1, 0.15) is 5.75 Å². The monoisotopic (exact) mass is 323 g/mol. The van der Waals surface area contributed by atoms with Crippen LogP contribution in [-0.4, -0.2) is 24.0 Å². The second-order valence-corrected chi connectivity index (χ2v) is 4.90. The van der Waals surface area contributed by atoms with Gasteiger partial charge in [0.25, 0.3) is 5.91 Å². The van der Waals surface area contributed by atoms with Crippen molar-refractivity contribution in [2.75, 3.05) is 7.11 Å². The molecule has 2 aromatic rings. The smallest absolute Gasteiger partial charge is 0.267 e. The maximum Gasteiger partial charge on any atom is 0.267 e. The van der Waals surface area contributed by atoms with Gasteiger partial charge < -0.3 is 4.74 Å². The van der Waals surface area contributed by atoms with E-state index in [1.165, 1.54) is 17.6 Å². The zero-order valence-corrected chi connectivity index (χ0v) is 13.1. The number of hydrogen-bond acceptors (Lipinski definition) is 4. The zero-order chi connectivity index (χ0) is 17.4. The van der Waals surface area contributed by atoms with Crippen LogP contribution in [0.1, 0.15) is 21.5 Å². The molecule has 0 spiro atoms. The summed E-state index contributed by atoms with van der Waals surface area (Å²) in [7, 11) is 1.58. The quantitative estimate of drug-likeness (QED) is 0.371. The number of hydrogen-bond donors (Lipinski definition) is 2. The van der Waals surface area contributed by atoms with E-state index in [2.05, 4.69) is 0 Å². The van der Waals surface area contributed by atoms with Crippen LogP contribution in [-0.2, 0) is 4.79 Å². The first-order valence-corrected chi connectivity index (χ1v) is 7.21. The van der Waals surface area contributed by atoms with Gasteiger partial charge in [0.05, 0.1) is 7.11 Å². The number of allylic oxidation sites excluding steroid dienone is 1. The average Bonchev–Trinajstić information content (AvgIpc) is 2.65. The lowest BCUT2D eigenvalue weighted by Gasteiger charge is -2.00. The third kappa shape index (κ3) is 4.93. The first-order valence-electron chi connectivity index (χ1n) is 7.21. The topological polar surface area (TPSA) is 75.6 Å². The number of hydroxylamine groups is 1. The van der Waals surface area contributed by atoms with Crippen molar-refractivity contribution in [3.8, 4) is 5.75 Å². The number of carbonyl (C=O) groups excluding carboxylic acids is 2. The highest BCUT2D eigenvalue weighted by Gasteiger charge is 2.01. The summed E-state index contributed by atoms with van der Waals surface area (Å²) < 4.78 is 5.06.